The van der Waals surface area contributed by atoms with Crippen LogP contribution in [0.2, 0.25) is 0 Å². The van der Waals surface area contributed by atoms with Gasteiger partial charge in [0.25, 0.3) is 11.8 Å². The van der Waals surface area contributed by atoms with Gasteiger partial charge in [-0.1, -0.05) is 24.3 Å². The minimum Gasteiger partial charge on any atom is -0.451 e. The zero-order valence-corrected chi connectivity index (χ0v) is 25.3. The summed E-state index contributed by atoms with van der Waals surface area (Å²) in [4.78, 5) is 25.0. The maximum Gasteiger partial charge on any atom is 0.256 e. The Hall–Kier alpha value is -4.68. The van der Waals surface area contributed by atoms with E-state index in [9.17, 15) is 27.2 Å². The van der Waals surface area contributed by atoms with Crippen molar-refractivity contribution in [2.75, 3.05) is 10.6 Å². The van der Waals surface area contributed by atoms with Crippen molar-refractivity contribution in [2.24, 2.45) is 0 Å². The van der Waals surface area contributed by atoms with Crippen molar-refractivity contribution in [2.45, 2.75) is 0 Å². The van der Waals surface area contributed by atoms with Crippen LogP contribution < -0.4 is 20.1 Å². The molecule has 44 heavy (non-hydrogen) atoms. The number of amides is 2. The fourth-order valence-corrected chi connectivity index (χ4v) is 4.84. The standard InChI is InChI=1S/C32H18Br2F4N2O4/c33-23-7-3-1-5-21(23)31(41)39-17-9-13-19(14-10-17)43-29-25(35)27(37)30(28(38)26(29)36)44-20-15-11-18(12-16-20)40-32(42)22-6-2-4-8-24(22)34/h1-16H,(H,39,41)(H,40,42). The summed E-state index contributed by atoms with van der Waals surface area (Å²) in [5, 5.41) is 5.30. The Morgan fingerprint density at radius 2 is 0.818 bits per heavy atom. The number of hydrogen-bond acceptors (Lipinski definition) is 4. The molecule has 5 aromatic carbocycles. The molecule has 0 fully saturated rings. The van der Waals surface area contributed by atoms with Crippen LogP contribution in [-0.4, -0.2) is 11.8 Å². The molecular weight excluding hydrogens is 712 g/mol. The Morgan fingerprint density at radius 3 is 1.14 bits per heavy atom. The maximum absolute atomic E-state index is 14.9. The van der Waals surface area contributed by atoms with Crippen molar-refractivity contribution < 1.29 is 36.6 Å². The molecule has 0 spiro atoms. The molecule has 0 aliphatic rings. The zero-order valence-electron chi connectivity index (χ0n) is 22.1. The van der Waals surface area contributed by atoms with E-state index in [1.165, 1.54) is 48.5 Å². The number of rotatable bonds is 8. The van der Waals surface area contributed by atoms with Gasteiger partial charge in [-0.05, 0) is 105 Å². The van der Waals surface area contributed by atoms with Gasteiger partial charge >= 0.3 is 0 Å². The summed E-state index contributed by atoms with van der Waals surface area (Å²) in [7, 11) is 0. The van der Waals surface area contributed by atoms with E-state index in [1.807, 2.05) is 0 Å². The lowest BCUT2D eigenvalue weighted by Gasteiger charge is -2.14. The van der Waals surface area contributed by atoms with Gasteiger partial charge < -0.3 is 20.1 Å². The Morgan fingerprint density at radius 1 is 0.500 bits per heavy atom. The molecule has 5 aromatic rings. The highest BCUT2D eigenvalue weighted by Crippen LogP contribution is 2.39. The number of halogens is 6. The van der Waals surface area contributed by atoms with Gasteiger partial charge in [0.2, 0.25) is 34.8 Å². The SMILES string of the molecule is O=C(Nc1ccc(Oc2c(F)c(F)c(Oc3ccc(NC(=O)c4ccccc4Br)cc3)c(F)c2F)cc1)c1ccccc1Br. The number of benzene rings is 5. The van der Waals surface area contributed by atoms with Crippen LogP contribution in [0.25, 0.3) is 0 Å². The highest BCUT2D eigenvalue weighted by molar-refractivity contribution is 9.10. The Bertz CT molecular complexity index is 1710. The molecule has 2 amide bonds. The zero-order chi connectivity index (χ0) is 31.4. The molecular formula is C32H18Br2F4N2O4. The molecule has 0 heterocycles. The van der Waals surface area contributed by atoms with Gasteiger partial charge in [-0.15, -0.1) is 0 Å². The third-order valence-electron chi connectivity index (χ3n) is 6.08. The average Bonchev–Trinajstić information content (AvgIpc) is 3.02. The third-order valence-corrected chi connectivity index (χ3v) is 7.47. The molecule has 0 bridgehead atoms. The van der Waals surface area contributed by atoms with Crippen LogP contribution in [0.15, 0.2) is 106 Å². The summed E-state index contributed by atoms with van der Waals surface area (Å²) in [6, 6.07) is 24.1. The quantitative estimate of drug-likeness (QED) is 0.123. The molecule has 0 atom stereocenters. The second-order valence-corrected chi connectivity index (χ2v) is 10.7. The lowest BCUT2D eigenvalue weighted by atomic mass is 10.2. The Labute approximate surface area is 264 Å². The van der Waals surface area contributed by atoms with Gasteiger partial charge in [-0.2, -0.15) is 17.6 Å². The topological polar surface area (TPSA) is 76.7 Å². The molecule has 0 radical (unpaired) electrons. The lowest BCUT2D eigenvalue weighted by molar-refractivity contribution is 0.101. The molecule has 0 aromatic heterocycles. The van der Waals surface area contributed by atoms with Crippen LogP contribution in [0, 0.1) is 23.3 Å². The van der Waals surface area contributed by atoms with Crippen LogP contribution in [0.4, 0.5) is 28.9 Å². The van der Waals surface area contributed by atoms with Crippen LogP contribution in [0.3, 0.4) is 0 Å². The number of ether oxygens (including phenoxy) is 2. The predicted molar refractivity (Wildman–Crippen MR) is 163 cm³/mol. The molecule has 12 heteroatoms. The van der Waals surface area contributed by atoms with E-state index >= 15 is 0 Å². The highest BCUT2D eigenvalue weighted by atomic mass is 79.9. The van der Waals surface area contributed by atoms with Crippen molar-refractivity contribution >= 4 is 55.0 Å². The first kappa shape index (κ1) is 30.8. The molecule has 2 N–H and O–H groups in total. The number of nitrogens with one attached hydrogen (secondary N) is 2. The predicted octanol–water partition coefficient (Wildman–Crippen LogP) is 9.86. The maximum atomic E-state index is 14.9. The van der Waals surface area contributed by atoms with E-state index in [1.54, 1.807) is 48.5 Å². The van der Waals surface area contributed by atoms with Crippen molar-refractivity contribution in [3.8, 4) is 23.0 Å². The van der Waals surface area contributed by atoms with Gasteiger partial charge in [0.05, 0.1) is 11.1 Å². The first-order valence-electron chi connectivity index (χ1n) is 12.7. The van der Waals surface area contributed by atoms with Crippen LogP contribution >= 0.6 is 31.9 Å². The molecule has 5 rings (SSSR count). The molecule has 0 saturated carbocycles. The Balaban J connectivity index is 1.28. The van der Waals surface area contributed by atoms with E-state index in [-0.39, 0.29) is 11.5 Å². The van der Waals surface area contributed by atoms with Crippen LogP contribution in [0.5, 0.6) is 23.0 Å². The monoisotopic (exact) mass is 728 g/mol. The number of hydrogen-bond donors (Lipinski definition) is 2. The Kier molecular flexibility index (Phi) is 9.31. The van der Waals surface area contributed by atoms with E-state index in [0.29, 0.717) is 31.4 Å². The van der Waals surface area contributed by atoms with Crippen molar-refractivity contribution in [1.82, 2.24) is 0 Å². The third kappa shape index (κ3) is 6.76. The fraction of sp³-hybridized carbons (Fsp3) is 0. The minimum absolute atomic E-state index is 0.158. The molecule has 0 aliphatic carbocycles. The number of carbonyl (C=O) groups excluding carboxylic acids is 2. The van der Waals surface area contributed by atoms with Gasteiger partial charge in [0, 0.05) is 20.3 Å². The average molecular weight is 730 g/mol. The van der Waals surface area contributed by atoms with Crippen LogP contribution in [-0.2, 0) is 0 Å². The van der Waals surface area contributed by atoms with Gasteiger partial charge in [0.15, 0.2) is 0 Å². The summed E-state index contributed by atoms with van der Waals surface area (Å²) in [5.41, 5.74) is 1.42. The van der Waals surface area contributed by atoms with Gasteiger partial charge in [0.1, 0.15) is 11.5 Å². The van der Waals surface area contributed by atoms with Crippen LogP contribution in [0.1, 0.15) is 20.7 Å². The molecule has 0 saturated heterocycles. The first-order chi connectivity index (χ1) is 21.1. The smallest absolute Gasteiger partial charge is 0.256 e. The van der Waals surface area contributed by atoms with E-state index in [4.69, 9.17) is 9.47 Å². The van der Waals surface area contributed by atoms with Gasteiger partial charge in [-0.3, -0.25) is 9.59 Å². The second-order valence-electron chi connectivity index (χ2n) is 9.03. The van der Waals surface area contributed by atoms with E-state index in [0.717, 1.165) is 0 Å². The van der Waals surface area contributed by atoms with E-state index in [2.05, 4.69) is 42.5 Å². The molecule has 6 nitrogen and oxygen atoms in total. The summed E-state index contributed by atoms with van der Waals surface area (Å²) < 4.78 is 70.9. The number of anilines is 2. The summed E-state index contributed by atoms with van der Waals surface area (Å²) in [6.07, 6.45) is 0. The van der Waals surface area contributed by atoms with Crippen molar-refractivity contribution in [3.05, 3.63) is 140 Å². The summed E-state index contributed by atoms with van der Waals surface area (Å²) in [6.45, 7) is 0. The second kappa shape index (κ2) is 13.3. The summed E-state index contributed by atoms with van der Waals surface area (Å²) in [5.74, 6) is -11.0. The number of carbonyl (C=O) groups is 2. The molecule has 222 valence electrons. The lowest BCUT2D eigenvalue weighted by Crippen LogP contribution is -2.12. The van der Waals surface area contributed by atoms with Gasteiger partial charge in [-0.25, -0.2) is 0 Å². The molecule has 0 aliphatic heterocycles. The first-order valence-corrected chi connectivity index (χ1v) is 14.2. The normalized spacial score (nSPS) is 10.7. The van der Waals surface area contributed by atoms with Crippen molar-refractivity contribution in [1.29, 1.82) is 0 Å². The minimum atomic E-state index is -1.82. The van der Waals surface area contributed by atoms with E-state index < -0.39 is 46.6 Å². The highest BCUT2D eigenvalue weighted by Gasteiger charge is 2.29. The largest absolute Gasteiger partial charge is 0.451 e. The van der Waals surface area contributed by atoms with Crippen molar-refractivity contribution in [3.63, 3.8) is 0 Å². The molecule has 0 unspecified atom stereocenters. The fourth-order valence-electron chi connectivity index (χ4n) is 3.91. The summed E-state index contributed by atoms with van der Waals surface area (Å²) >= 11 is 6.58.